The Morgan fingerprint density at radius 2 is 1.91 bits per heavy atom. The van der Waals surface area contributed by atoms with Crippen molar-refractivity contribution in [3.8, 4) is 0 Å². The van der Waals surface area contributed by atoms with Crippen molar-refractivity contribution < 1.29 is 19.4 Å². The molecule has 2 unspecified atom stereocenters. The molecule has 2 N–H and O–H groups in total. The third-order valence-corrected chi connectivity index (χ3v) is 4.31. The van der Waals surface area contributed by atoms with E-state index >= 15 is 0 Å². The van der Waals surface area contributed by atoms with E-state index in [0.717, 1.165) is 25.7 Å². The SMILES string of the molecule is CCC(OC1CCCC1)C(=O)NC(C(=O)O)c1ccc(Cl)cc1. The minimum Gasteiger partial charge on any atom is -0.479 e. The highest BCUT2D eigenvalue weighted by Crippen LogP contribution is 2.23. The first kappa shape index (κ1) is 17.8. The molecule has 1 amide bonds. The summed E-state index contributed by atoms with van der Waals surface area (Å²) in [7, 11) is 0. The molecule has 0 spiro atoms. The van der Waals surface area contributed by atoms with Crippen molar-refractivity contribution in [3.05, 3.63) is 34.9 Å². The van der Waals surface area contributed by atoms with Gasteiger partial charge in [0.05, 0.1) is 6.10 Å². The number of rotatable bonds is 7. The van der Waals surface area contributed by atoms with Crippen LogP contribution in [0.1, 0.15) is 50.6 Å². The molecule has 126 valence electrons. The Morgan fingerprint density at radius 1 is 1.30 bits per heavy atom. The highest BCUT2D eigenvalue weighted by Gasteiger charge is 2.28. The molecule has 0 saturated heterocycles. The number of hydrogen-bond donors (Lipinski definition) is 2. The molecular formula is C17H22ClNO4. The van der Waals surface area contributed by atoms with E-state index in [9.17, 15) is 14.7 Å². The smallest absolute Gasteiger partial charge is 0.330 e. The number of aliphatic carboxylic acids is 1. The predicted molar refractivity (Wildman–Crippen MR) is 87.4 cm³/mol. The van der Waals surface area contributed by atoms with Crippen molar-refractivity contribution in [3.63, 3.8) is 0 Å². The quantitative estimate of drug-likeness (QED) is 0.799. The lowest BCUT2D eigenvalue weighted by atomic mass is 10.1. The summed E-state index contributed by atoms with van der Waals surface area (Å²) in [6.07, 6.45) is 4.15. The van der Waals surface area contributed by atoms with Gasteiger partial charge in [0, 0.05) is 5.02 Å². The van der Waals surface area contributed by atoms with Crippen molar-refractivity contribution in [2.75, 3.05) is 0 Å². The molecule has 2 atom stereocenters. The molecule has 1 aliphatic carbocycles. The molecule has 1 aliphatic rings. The number of carbonyl (C=O) groups excluding carboxylic acids is 1. The lowest BCUT2D eigenvalue weighted by Crippen LogP contribution is -2.42. The van der Waals surface area contributed by atoms with E-state index in [0.29, 0.717) is 17.0 Å². The summed E-state index contributed by atoms with van der Waals surface area (Å²) in [5, 5.41) is 12.5. The van der Waals surface area contributed by atoms with Gasteiger partial charge in [-0.25, -0.2) is 4.79 Å². The first-order valence-corrected chi connectivity index (χ1v) is 8.33. The zero-order valence-electron chi connectivity index (χ0n) is 13.1. The van der Waals surface area contributed by atoms with Gasteiger partial charge in [-0.2, -0.15) is 0 Å². The van der Waals surface area contributed by atoms with E-state index in [1.165, 1.54) is 0 Å². The number of benzene rings is 1. The van der Waals surface area contributed by atoms with E-state index in [2.05, 4.69) is 5.32 Å². The van der Waals surface area contributed by atoms with Crippen LogP contribution < -0.4 is 5.32 Å². The average Bonchev–Trinajstić information content (AvgIpc) is 3.04. The number of carboxylic acid groups (broad SMARTS) is 1. The monoisotopic (exact) mass is 339 g/mol. The Balaban J connectivity index is 2.03. The Kier molecular flexibility index (Phi) is 6.42. The minimum absolute atomic E-state index is 0.101. The molecule has 1 aromatic rings. The van der Waals surface area contributed by atoms with Gasteiger partial charge in [0.2, 0.25) is 5.91 Å². The zero-order valence-corrected chi connectivity index (χ0v) is 13.9. The number of hydrogen-bond acceptors (Lipinski definition) is 3. The third-order valence-electron chi connectivity index (χ3n) is 4.06. The summed E-state index contributed by atoms with van der Waals surface area (Å²) in [6.45, 7) is 1.86. The second-order valence-corrected chi connectivity index (χ2v) is 6.21. The summed E-state index contributed by atoms with van der Waals surface area (Å²) in [6, 6.07) is 5.29. The van der Waals surface area contributed by atoms with Crippen LogP contribution in [0.4, 0.5) is 0 Å². The maximum Gasteiger partial charge on any atom is 0.330 e. The standard InChI is InChI=1S/C17H22ClNO4/c1-2-14(23-13-5-3-4-6-13)16(20)19-15(17(21)22)11-7-9-12(18)10-8-11/h7-10,13-15H,2-6H2,1H3,(H,19,20)(H,21,22). The molecule has 0 heterocycles. The van der Waals surface area contributed by atoms with Crippen LogP contribution in [-0.2, 0) is 14.3 Å². The normalized spacial score (nSPS) is 17.7. The van der Waals surface area contributed by atoms with E-state index in [1.54, 1.807) is 24.3 Å². The number of amides is 1. The van der Waals surface area contributed by atoms with Gasteiger partial charge in [-0.15, -0.1) is 0 Å². The molecule has 2 rings (SSSR count). The Labute approximate surface area is 141 Å². The first-order chi connectivity index (χ1) is 11.0. The van der Waals surface area contributed by atoms with E-state index in [-0.39, 0.29) is 12.0 Å². The van der Waals surface area contributed by atoms with Gasteiger partial charge in [-0.1, -0.05) is 43.5 Å². The number of ether oxygens (including phenoxy) is 1. The van der Waals surface area contributed by atoms with Gasteiger partial charge in [0.1, 0.15) is 6.10 Å². The molecule has 0 aliphatic heterocycles. The summed E-state index contributed by atoms with van der Waals surface area (Å²) in [4.78, 5) is 23.9. The molecular weight excluding hydrogens is 318 g/mol. The minimum atomic E-state index is -1.11. The summed E-state index contributed by atoms with van der Waals surface area (Å²) >= 11 is 5.81. The topological polar surface area (TPSA) is 75.6 Å². The molecule has 0 aromatic heterocycles. The maximum atomic E-state index is 12.4. The Morgan fingerprint density at radius 3 is 2.43 bits per heavy atom. The van der Waals surface area contributed by atoms with Gasteiger partial charge in [-0.05, 0) is 37.0 Å². The lowest BCUT2D eigenvalue weighted by Gasteiger charge is -2.23. The summed E-state index contributed by atoms with van der Waals surface area (Å²) in [5.74, 6) is -1.50. The fourth-order valence-corrected chi connectivity index (χ4v) is 2.90. The number of halogens is 1. The van der Waals surface area contributed by atoms with Crippen LogP contribution in [0.2, 0.25) is 5.02 Å². The maximum absolute atomic E-state index is 12.4. The van der Waals surface area contributed by atoms with Gasteiger partial charge >= 0.3 is 5.97 Å². The van der Waals surface area contributed by atoms with Gasteiger partial charge in [-0.3, -0.25) is 4.79 Å². The van der Waals surface area contributed by atoms with Crippen LogP contribution in [0.5, 0.6) is 0 Å². The number of carboxylic acids is 1. The molecule has 1 aromatic carbocycles. The lowest BCUT2D eigenvalue weighted by molar-refractivity contribution is -0.146. The second kappa shape index (κ2) is 8.31. The van der Waals surface area contributed by atoms with E-state index in [4.69, 9.17) is 16.3 Å². The van der Waals surface area contributed by atoms with Gasteiger partial charge < -0.3 is 15.2 Å². The van der Waals surface area contributed by atoms with Crippen LogP contribution >= 0.6 is 11.6 Å². The van der Waals surface area contributed by atoms with Crippen molar-refractivity contribution in [2.24, 2.45) is 0 Å². The molecule has 6 heteroatoms. The number of nitrogens with one attached hydrogen (secondary N) is 1. The van der Waals surface area contributed by atoms with E-state index < -0.39 is 18.1 Å². The summed E-state index contributed by atoms with van der Waals surface area (Å²) in [5.41, 5.74) is 0.478. The fraction of sp³-hybridized carbons (Fsp3) is 0.529. The average molecular weight is 340 g/mol. The predicted octanol–water partition coefficient (Wildman–Crippen LogP) is 3.32. The van der Waals surface area contributed by atoms with Crippen LogP contribution in [-0.4, -0.2) is 29.2 Å². The molecule has 1 fully saturated rings. The van der Waals surface area contributed by atoms with Crippen molar-refractivity contribution >= 4 is 23.5 Å². The first-order valence-electron chi connectivity index (χ1n) is 7.95. The van der Waals surface area contributed by atoms with Crippen molar-refractivity contribution in [2.45, 2.75) is 57.3 Å². The zero-order chi connectivity index (χ0) is 16.8. The number of carbonyl (C=O) groups is 2. The fourth-order valence-electron chi connectivity index (χ4n) is 2.78. The highest BCUT2D eigenvalue weighted by molar-refractivity contribution is 6.30. The van der Waals surface area contributed by atoms with Crippen LogP contribution in [0.3, 0.4) is 0 Å². The summed E-state index contributed by atoms with van der Waals surface area (Å²) < 4.78 is 5.83. The van der Waals surface area contributed by atoms with Crippen LogP contribution in [0, 0.1) is 0 Å². The molecule has 0 bridgehead atoms. The third kappa shape index (κ3) is 4.94. The van der Waals surface area contributed by atoms with Gasteiger partial charge in [0.25, 0.3) is 0 Å². The Hall–Kier alpha value is -1.59. The largest absolute Gasteiger partial charge is 0.479 e. The van der Waals surface area contributed by atoms with Crippen molar-refractivity contribution in [1.29, 1.82) is 0 Å². The highest BCUT2D eigenvalue weighted by atomic mass is 35.5. The molecule has 0 radical (unpaired) electrons. The van der Waals surface area contributed by atoms with Crippen LogP contribution in [0.15, 0.2) is 24.3 Å². The van der Waals surface area contributed by atoms with E-state index in [1.807, 2.05) is 6.92 Å². The molecule has 23 heavy (non-hydrogen) atoms. The second-order valence-electron chi connectivity index (χ2n) is 5.77. The van der Waals surface area contributed by atoms with Gasteiger partial charge in [0.15, 0.2) is 6.04 Å². The molecule has 5 nitrogen and oxygen atoms in total. The van der Waals surface area contributed by atoms with Crippen LogP contribution in [0.25, 0.3) is 0 Å². The Bertz CT molecular complexity index is 540. The van der Waals surface area contributed by atoms with Crippen molar-refractivity contribution in [1.82, 2.24) is 5.32 Å². The molecule has 1 saturated carbocycles.